The van der Waals surface area contributed by atoms with Crippen LogP contribution in [0.25, 0.3) is 17.3 Å². The first-order valence-electron chi connectivity index (χ1n) is 14.2. The van der Waals surface area contributed by atoms with Crippen LogP contribution in [0.5, 0.6) is 11.5 Å². The molecule has 0 radical (unpaired) electrons. The number of hydrogen-bond acceptors (Lipinski definition) is 5. The fourth-order valence-electron chi connectivity index (χ4n) is 6.44. The predicted molar refractivity (Wildman–Crippen MR) is 146 cm³/mol. The summed E-state index contributed by atoms with van der Waals surface area (Å²) in [7, 11) is 0. The highest BCUT2D eigenvalue weighted by atomic mass is 19.4. The van der Waals surface area contributed by atoms with Crippen molar-refractivity contribution in [1.82, 2.24) is 10.1 Å². The van der Waals surface area contributed by atoms with Gasteiger partial charge in [0.2, 0.25) is 0 Å². The third kappa shape index (κ3) is 5.50. The number of rotatable bonds is 9. The lowest BCUT2D eigenvalue weighted by Crippen LogP contribution is -2.48. The summed E-state index contributed by atoms with van der Waals surface area (Å²) >= 11 is 0. The van der Waals surface area contributed by atoms with Gasteiger partial charge in [0.1, 0.15) is 23.0 Å². The molecule has 0 unspecified atom stereocenters. The zero-order chi connectivity index (χ0) is 28.1. The van der Waals surface area contributed by atoms with Gasteiger partial charge in [-0.25, -0.2) is 0 Å². The quantitative estimate of drug-likeness (QED) is 0.266. The molecule has 40 heavy (non-hydrogen) atoms. The zero-order valence-corrected chi connectivity index (χ0v) is 23.1. The second-order valence-electron chi connectivity index (χ2n) is 12.2. The number of pyridine rings is 1. The van der Waals surface area contributed by atoms with Gasteiger partial charge in [0.25, 0.3) is 0 Å². The first-order valence-corrected chi connectivity index (χ1v) is 14.2. The van der Waals surface area contributed by atoms with Gasteiger partial charge in [-0.1, -0.05) is 35.5 Å². The Morgan fingerprint density at radius 2 is 1.88 bits per heavy atom. The summed E-state index contributed by atoms with van der Waals surface area (Å²) in [5.41, 5.74) is 1.59. The van der Waals surface area contributed by atoms with E-state index in [1.54, 1.807) is 12.3 Å². The highest BCUT2D eigenvalue weighted by Gasteiger charge is 2.52. The average Bonchev–Trinajstić information content (AvgIpc) is 3.62. The first-order chi connectivity index (χ1) is 19.1. The molecule has 2 heterocycles. The zero-order valence-electron chi connectivity index (χ0n) is 23.1. The number of nitrogens with zero attached hydrogens (tertiary/aromatic N) is 2. The molecule has 0 amide bonds. The van der Waals surface area contributed by atoms with Gasteiger partial charge in [-0.3, -0.25) is 4.98 Å². The Labute approximate surface area is 232 Å². The van der Waals surface area contributed by atoms with Crippen LogP contribution in [0, 0.1) is 24.2 Å². The van der Waals surface area contributed by atoms with Gasteiger partial charge < -0.3 is 14.0 Å². The second-order valence-corrected chi connectivity index (χ2v) is 12.2. The molecule has 3 aromatic rings. The minimum Gasteiger partial charge on any atom is -0.492 e. The van der Waals surface area contributed by atoms with E-state index in [-0.39, 0.29) is 23.3 Å². The topological polar surface area (TPSA) is 57.4 Å². The molecular weight excluding hydrogens is 517 g/mol. The average molecular weight is 553 g/mol. The molecular formula is C32H35F3N2O3. The van der Waals surface area contributed by atoms with Crippen LogP contribution in [-0.2, 0) is 6.18 Å². The molecule has 3 fully saturated rings. The van der Waals surface area contributed by atoms with Crippen LogP contribution in [0.4, 0.5) is 13.2 Å². The van der Waals surface area contributed by atoms with E-state index < -0.39 is 11.7 Å². The predicted octanol–water partition coefficient (Wildman–Crippen LogP) is 8.63. The Morgan fingerprint density at radius 3 is 2.58 bits per heavy atom. The number of benzene rings is 1. The van der Waals surface area contributed by atoms with Crippen molar-refractivity contribution in [2.24, 2.45) is 17.3 Å². The number of aryl methyl sites for hydroxylation is 1. The maximum atomic E-state index is 13.7. The third-order valence-electron chi connectivity index (χ3n) is 8.42. The summed E-state index contributed by atoms with van der Waals surface area (Å²) in [6.45, 7) is 6.58. The minimum atomic E-state index is -4.46. The third-order valence-corrected chi connectivity index (χ3v) is 8.42. The van der Waals surface area contributed by atoms with E-state index in [1.165, 1.54) is 12.1 Å². The van der Waals surface area contributed by atoms with Crippen molar-refractivity contribution in [2.45, 2.75) is 77.5 Å². The van der Waals surface area contributed by atoms with E-state index in [0.29, 0.717) is 35.2 Å². The standard InChI is InChI=1S/C32H35F3N2O3/c1-19(2)39-28-12-24(17-36-20(28)3)38-18-22-15-31(16-22)13-21(14-31)8-11-26-29(37-40-30(26)23-9-10-23)25-6-4-5-7-27(25)32(33,34)35/h4-8,11-12,17,19,21-23H,9-10,13-16,18H2,1-3H3/b11-8+. The summed E-state index contributed by atoms with van der Waals surface area (Å²) in [5.74, 6) is 3.38. The van der Waals surface area contributed by atoms with Gasteiger partial charge in [0, 0.05) is 23.1 Å². The van der Waals surface area contributed by atoms with Gasteiger partial charge in [-0.15, -0.1) is 0 Å². The van der Waals surface area contributed by atoms with Crippen molar-refractivity contribution in [1.29, 1.82) is 0 Å². The van der Waals surface area contributed by atoms with Gasteiger partial charge in [0.15, 0.2) is 0 Å². The number of hydrogen-bond donors (Lipinski definition) is 0. The number of halogens is 3. The fourth-order valence-corrected chi connectivity index (χ4v) is 6.44. The highest BCUT2D eigenvalue weighted by molar-refractivity contribution is 5.76. The molecule has 2 aromatic heterocycles. The Bertz CT molecular complexity index is 1390. The molecule has 0 bridgehead atoms. The lowest BCUT2D eigenvalue weighted by Gasteiger charge is -2.57. The van der Waals surface area contributed by atoms with Crippen LogP contribution < -0.4 is 9.47 Å². The van der Waals surface area contributed by atoms with Crippen molar-refractivity contribution in [3.8, 4) is 22.8 Å². The maximum Gasteiger partial charge on any atom is 0.417 e. The molecule has 6 rings (SSSR count). The molecule has 0 N–H and O–H groups in total. The molecule has 3 saturated carbocycles. The van der Waals surface area contributed by atoms with Crippen LogP contribution in [-0.4, -0.2) is 22.9 Å². The summed E-state index contributed by atoms with van der Waals surface area (Å²) in [6, 6.07) is 7.53. The Balaban J connectivity index is 1.07. The second kappa shape index (κ2) is 10.3. The van der Waals surface area contributed by atoms with Crippen LogP contribution in [0.3, 0.4) is 0 Å². The molecule has 0 atom stereocenters. The van der Waals surface area contributed by atoms with Crippen LogP contribution in [0.2, 0.25) is 0 Å². The lowest BCUT2D eigenvalue weighted by molar-refractivity contribution is -0.137. The van der Waals surface area contributed by atoms with Crippen LogP contribution in [0.15, 0.2) is 47.1 Å². The SMILES string of the molecule is Cc1ncc(OCC2CC3(CC(/C=C/c4c(-c5ccccc5C(F)(F)F)noc4C4CC4)C3)C2)cc1OC(C)C. The molecule has 0 saturated heterocycles. The van der Waals surface area contributed by atoms with Crippen LogP contribution >= 0.6 is 0 Å². The first kappa shape index (κ1) is 26.9. The summed E-state index contributed by atoms with van der Waals surface area (Å²) in [4.78, 5) is 4.40. The summed E-state index contributed by atoms with van der Waals surface area (Å²) in [6.07, 6.45) is 7.92. The lowest BCUT2D eigenvalue weighted by atomic mass is 9.48. The normalized spacial score (nSPS) is 24.4. The number of alkyl halides is 3. The van der Waals surface area contributed by atoms with E-state index in [4.69, 9.17) is 14.0 Å². The molecule has 3 aliphatic rings. The molecule has 0 aliphatic heterocycles. The molecule has 5 nitrogen and oxygen atoms in total. The summed E-state index contributed by atoms with van der Waals surface area (Å²) < 4.78 is 58.6. The number of aromatic nitrogens is 2. The molecule has 1 spiro atoms. The van der Waals surface area contributed by atoms with E-state index >= 15 is 0 Å². The van der Waals surface area contributed by atoms with E-state index in [9.17, 15) is 13.2 Å². The maximum absolute atomic E-state index is 13.7. The van der Waals surface area contributed by atoms with Crippen molar-refractivity contribution in [3.63, 3.8) is 0 Å². The van der Waals surface area contributed by atoms with Gasteiger partial charge in [0.05, 0.1) is 30.2 Å². The monoisotopic (exact) mass is 552 g/mol. The van der Waals surface area contributed by atoms with E-state index in [2.05, 4.69) is 16.2 Å². The fraction of sp³-hybridized carbons (Fsp3) is 0.500. The van der Waals surface area contributed by atoms with Gasteiger partial charge in [-0.2, -0.15) is 13.2 Å². The minimum absolute atomic E-state index is 0.0730. The van der Waals surface area contributed by atoms with Crippen molar-refractivity contribution < 1.29 is 27.2 Å². The van der Waals surface area contributed by atoms with Crippen molar-refractivity contribution in [2.75, 3.05) is 6.61 Å². The molecule has 212 valence electrons. The molecule has 8 heteroatoms. The van der Waals surface area contributed by atoms with E-state index in [0.717, 1.165) is 61.8 Å². The van der Waals surface area contributed by atoms with Crippen LogP contribution in [0.1, 0.15) is 80.9 Å². The molecule has 3 aliphatic carbocycles. The molecule has 1 aromatic carbocycles. The number of allylic oxidation sites excluding steroid dienone is 1. The van der Waals surface area contributed by atoms with Crippen molar-refractivity contribution >= 4 is 6.08 Å². The van der Waals surface area contributed by atoms with Gasteiger partial charge in [-0.05, 0) is 82.6 Å². The highest BCUT2D eigenvalue weighted by Crippen LogP contribution is 2.61. The smallest absolute Gasteiger partial charge is 0.417 e. The Kier molecular flexibility index (Phi) is 6.91. The van der Waals surface area contributed by atoms with E-state index in [1.807, 2.05) is 32.9 Å². The largest absolute Gasteiger partial charge is 0.492 e. The van der Waals surface area contributed by atoms with Gasteiger partial charge >= 0.3 is 6.18 Å². The Hall–Kier alpha value is -3.29. The summed E-state index contributed by atoms with van der Waals surface area (Å²) in [5, 5.41) is 4.13. The number of ether oxygens (including phenoxy) is 2. The van der Waals surface area contributed by atoms with Crippen molar-refractivity contribution in [3.05, 3.63) is 65.2 Å². The Morgan fingerprint density at radius 1 is 1.12 bits per heavy atom.